The van der Waals surface area contributed by atoms with E-state index in [1.807, 2.05) is 0 Å². The maximum absolute atomic E-state index is 6.35. The Labute approximate surface area is 116 Å². The third-order valence-electron chi connectivity index (χ3n) is 4.61. The molecule has 1 fully saturated rings. The first-order valence-electron chi connectivity index (χ1n) is 7.36. The zero-order valence-corrected chi connectivity index (χ0v) is 12.4. The Morgan fingerprint density at radius 1 is 1.21 bits per heavy atom. The number of nitrogens with two attached hydrogens (primary N) is 1. The molecule has 1 aliphatic carbocycles. The fourth-order valence-electron chi connectivity index (χ4n) is 3.50. The zero-order chi connectivity index (χ0) is 13.6. The summed E-state index contributed by atoms with van der Waals surface area (Å²) in [7, 11) is 2.20. The van der Waals surface area contributed by atoms with Gasteiger partial charge in [-0.15, -0.1) is 0 Å². The number of rotatable bonds is 1. The van der Waals surface area contributed by atoms with E-state index in [2.05, 4.69) is 47.7 Å². The van der Waals surface area contributed by atoms with Crippen LogP contribution in [0, 0.1) is 5.41 Å². The molecule has 3 rings (SSSR count). The minimum absolute atomic E-state index is 0.201. The summed E-state index contributed by atoms with van der Waals surface area (Å²) >= 11 is 0. The highest BCUT2D eigenvalue weighted by Crippen LogP contribution is 2.40. The fourth-order valence-corrected chi connectivity index (χ4v) is 3.50. The van der Waals surface area contributed by atoms with Gasteiger partial charge in [-0.2, -0.15) is 0 Å². The molecule has 1 aromatic rings. The zero-order valence-electron chi connectivity index (χ0n) is 12.4. The molecule has 4 heteroatoms. The molecule has 0 spiro atoms. The van der Waals surface area contributed by atoms with Gasteiger partial charge in [-0.25, -0.2) is 0 Å². The fraction of sp³-hybridized carbons (Fsp3) is 0.733. The highest BCUT2D eigenvalue weighted by atomic mass is 15.6. The Kier molecular flexibility index (Phi) is 3.10. The van der Waals surface area contributed by atoms with E-state index in [1.165, 1.54) is 11.3 Å². The molecule has 2 aliphatic rings. The number of piperazine rings is 1. The molecule has 0 amide bonds. The van der Waals surface area contributed by atoms with Crippen molar-refractivity contribution < 1.29 is 0 Å². The van der Waals surface area contributed by atoms with Gasteiger partial charge in [-0.3, -0.25) is 4.68 Å². The van der Waals surface area contributed by atoms with E-state index in [0.29, 0.717) is 5.41 Å². The van der Waals surface area contributed by atoms with Crippen LogP contribution in [-0.2, 0) is 6.42 Å². The lowest BCUT2D eigenvalue weighted by atomic mass is 9.75. The summed E-state index contributed by atoms with van der Waals surface area (Å²) in [6.45, 7) is 9.15. The molecule has 1 unspecified atom stereocenters. The molecule has 19 heavy (non-hydrogen) atoms. The van der Waals surface area contributed by atoms with E-state index in [1.54, 1.807) is 0 Å². The first kappa shape index (κ1) is 13.0. The van der Waals surface area contributed by atoms with E-state index in [0.717, 1.165) is 39.0 Å². The molecule has 0 saturated carbocycles. The lowest BCUT2D eigenvalue weighted by molar-refractivity contribution is 0.261. The number of nitrogens with zero attached hydrogens (tertiary/aromatic N) is 3. The van der Waals surface area contributed by atoms with Gasteiger partial charge in [0, 0.05) is 44.1 Å². The predicted octanol–water partition coefficient (Wildman–Crippen LogP) is 1.34. The largest absolute Gasteiger partial charge is 0.324 e. The second-order valence-electron chi connectivity index (χ2n) is 6.97. The van der Waals surface area contributed by atoms with Crippen molar-refractivity contribution in [2.45, 2.75) is 32.7 Å². The smallest absolute Gasteiger partial charge is 0.0472 e. The Morgan fingerprint density at radius 3 is 2.58 bits per heavy atom. The monoisotopic (exact) mass is 262 g/mol. The Balaban J connectivity index is 1.88. The van der Waals surface area contributed by atoms with Crippen LogP contribution in [0.1, 0.15) is 37.6 Å². The number of likely N-dealkylation sites (N-methyl/N-ethyl adjacent to an activating group) is 1. The van der Waals surface area contributed by atoms with Gasteiger partial charge in [-0.1, -0.05) is 13.8 Å². The van der Waals surface area contributed by atoms with Crippen LogP contribution in [-0.4, -0.2) is 42.8 Å². The van der Waals surface area contributed by atoms with Crippen molar-refractivity contribution in [1.82, 2.24) is 9.58 Å². The van der Waals surface area contributed by atoms with Crippen LogP contribution in [0.2, 0.25) is 0 Å². The maximum atomic E-state index is 6.35. The Morgan fingerprint density at radius 2 is 1.89 bits per heavy atom. The number of fused-ring (bicyclic) bond motifs is 1. The molecule has 0 aromatic carbocycles. The molecule has 2 heterocycles. The van der Waals surface area contributed by atoms with Crippen molar-refractivity contribution in [3.63, 3.8) is 0 Å². The second kappa shape index (κ2) is 4.53. The molecular weight excluding hydrogens is 236 g/mol. The van der Waals surface area contributed by atoms with Crippen LogP contribution in [0.25, 0.3) is 0 Å². The van der Waals surface area contributed by atoms with Crippen LogP contribution in [0.15, 0.2) is 12.3 Å². The van der Waals surface area contributed by atoms with Gasteiger partial charge in [0.05, 0.1) is 0 Å². The molecule has 106 valence electrons. The minimum Gasteiger partial charge on any atom is -0.324 e. The molecule has 1 aromatic heterocycles. The molecule has 0 radical (unpaired) electrons. The van der Waals surface area contributed by atoms with Crippen LogP contribution in [0.4, 0.5) is 0 Å². The molecule has 1 saturated heterocycles. The number of aromatic nitrogens is 1. The normalized spacial score (nSPS) is 27.4. The first-order chi connectivity index (χ1) is 8.96. The number of hydrogen-bond acceptors (Lipinski definition) is 3. The van der Waals surface area contributed by atoms with Crippen LogP contribution < -0.4 is 10.7 Å². The summed E-state index contributed by atoms with van der Waals surface area (Å²) < 4.78 is 2.38. The Hall–Kier alpha value is -1.00. The van der Waals surface area contributed by atoms with E-state index in [9.17, 15) is 0 Å². The summed E-state index contributed by atoms with van der Waals surface area (Å²) in [5, 5.41) is 2.47. The topological polar surface area (TPSA) is 37.4 Å². The van der Waals surface area contributed by atoms with Gasteiger partial charge in [0.25, 0.3) is 0 Å². The third-order valence-corrected chi connectivity index (χ3v) is 4.61. The molecule has 1 atom stereocenters. The van der Waals surface area contributed by atoms with E-state index < -0.39 is 0 Å². The van der Waals surface area contributed by atoms with Crippen molar-refractivity contribution in [2.24, 2.45) is 11.1 Å². The third kappa shape index (κ3) is 2.39. The van der Waals surface area contributed by atoms with Crippen molar-refractivity contribution in [1.29, 1.82) is 0 Å². The van der Waals surface area contributed by atoms with Gasteiger partial charge in [-0.05, 0) is 36.9 Å². The Bertz CT molecular complexity index is 455. The van der Waals surface area contributed by atoms with Gasteiger partial charge < -0.3 is 15.6 Å². The van der Waals surface area contributed by atoms with Gasteiger partial charge in [0.2, 0.25) is 0 Å². The maximum Gasteiger partial charge on any atom is 0.0472 e. The number of hydrogen-bond donors (Lipinski definition) is 1. The van der Waals surface area contributed by atoms with Crippen molar-refractivity contribution in [3.05, 3.63) is 23.5 Å². The minimum atomic E-state index is 0.201. The summed E-state index contributed by atoms with van der Waals surface area (Å²) in [6, 6.07) is 2.43. The molecular formula is C15H26N4. The summed E-state index contributed by atoms with van der Waals surface area (Å²) in [5.41, 5.74) is 9.46. The van der Waals surface area contributed by atoms with Crippen LogP contribution >= 0.6 is 0 Å². The second-order valence-corrected chi connectivity index (χ2v) is 6.97. The molecule has 2 N–H and O–H groups in total. The lowest BCUT2D eigenvalue weighted by Crippen LogP contribution is -2.50. The quantitative estimate of drug-likeness (QED) is 0.830. The first-order valence-corrected chi connectivity index (χ1v) is 7.36. The van der Waals surface area contributed by atoms with Gasteiger partial charge in [0.1, 0.15) is 0 Å². The standard InChI is InChI=1S/C15H26N4/c1-15(2)10-13(16)12-4-5-19(14(12)11-15)18-8-6-17(3)7-9-18/h4-5,13H,6-11,16H2,1-3H3. The van der Waals surface area contributed by atoms with Crippen LogP contribution in [0.3, 0.4) is 0 Å². The van der Waals surface area contributed by atoms with Gasteiger partial charge in [0.15, 0.2) is 0 Å². The van der Waals surface area contributed by atoms with Gasteiger partial charge >= 0.3 is 0 Å². The van der Waals surface area contributed by atoms with E-state index in [-0.39, 0.29) is 6.04 Å². The lowest BCUT2D eigenvalue weighted by Gasteiger charge is -2.39. The van der Waals surface area contributed by atoms with Crippen molar-refractivity contribution >= 4 is 0 Å². The van der Waals surface area contributed by atoms with E-state index in [4.69, 9.17) is 5.73 Å². The highest BCUT2D eigenvalue weighted by Gasteiger charge is 2.33. The SMILES string of the molecule is CN1CCN(n2ccc3c2CC(C)(C)CC3N)CC1. The van der Waals surface area contributed by atoms with E-state index >= 15 is 0 Å². The van der Waals surface area contributed by atoms with Crippen LogP contribution in [0.5, 0.6) is 0 Å². The predicted molar refractivity (Wildman–Crippen MR) is 78.9 cm³/mol. The molecule has 1 aliphatic heterocycles. The summed E-state index contributed by atoms with van der Waals surface area (Å²) in [4.78, 5) is 2.39. The summed E-state index contributed by atoms with van der Waals surface area (Å²) in [6.07, 6.45) is 4.44. The average Bonchev–Trinajstić information content (AvgIpc) is 2.72. The average molecular weight is 262 g/mol. The van der Waals surface area contributed by atoms with Crippen molar-refractivity contribution in [2.75, 3.05) is 38.2 Å². The highest BCUT2D eigenvalue weighted by molar-refractivity contribution is 5.31. The molecule has 4 nitrogen and oxygen atoms in total. The van der Waals surface area contributed by atoms with Crippen molar-refractivity contribution in [3.8, 4) is 0 Å². The summed E-state index contributed by atoms with van der Waals surface area (Å²) in [5.74, 6) is 0. The molecule has 0 bridgehead atoms.